The molecule has 0 amide bonds. The van der Waals surface area contributed by atoms with E-state index in [4.69, 9.17) is 4.74 Å². The Bertz CT molecular complexity index is 910. The maximum atomic E-state index is 10.5. The summed E-state index contributed by atoms with van der Waals surface area (Å²) < 4.78 is 5.12. The molecule has 4 aromatic rings. The van der Waals surface area contributed by atoms with Crippen molar-refractivity contribution in [3.63, 3.8) is 0 Å². The van der Waals surface area contributed by atoms with E-state index in [2.05, 4.69) is 91.0 Å². The molecule has 150 valence electrons. The molecule has 0 saturated heterocycles. The fourth-order valence-corrected chi connectivity index (χ4v) is 5.59. The SMILES string of the molecule is CC(=O)COc1ccccc1.c1ccc([PH+](c2ccccc2)c2ccccc2)cc1. The Morgan fingerprint density at radius 2 is 0.933 bits per heavy atom. The van der Waals surface area contributed by atoms with Crippen LogP contribution < -0.4 is 20.7 Å². The van der Waals surface area contributed by atoms with Gasteiger partial charge in [0, 0.05) is 0 Å². The van der Waals surface area contributed by atoms with Crippen LogP contribution in [0.3, 0.4) is 0 Å². The highest BCUT2D eigenvalue weighted by atomic mass is 31.1. The van der Waals surface area contributed by atoms with Gasteiger partial charge >= 0.3 is 0 Å². The first-order valence-electron chi connectivity index (χ1n) is 9.94. The summed E-state index contributed by atoms with van der Waals surface area (Å²) in [5, 5.41) is 4.31. The summed E-state index contributed by atoms with van der Waals surface area (Å²) in [6.45, 7) is 1.66. The maximum absolute atomic E-state index is 10.5. The Balaban J connectivity index is 0.000000199. The zero-order valence-corrected chi connectivity index (χ0v) is 18.1. The maximum Gasteiger partial charge on any atom is 0.167 e. The predicted octanol–water partition coefficient (Wildman–Crippen LogP) is 4.83. The van der Waals surface area contributed by atoms with Gasteiger partial charge in [0.25, 0.3) is 0 Å². The zero-order chi connectivity index (χ0) is 21.0. The van der Waals surface area contributed by atoms with Crippen LogP contribution in [0.1, 0.15) is 6.92 Å². The summed E-state index contributed by atoms with van der Waals surface area (Å²) in [5.41, 5.74) is 0. The second-order valence-corrected chi connectivity index (χ2v) is 9.26. The smallest absolute Gasteiger partial charge is 0.167 e. The van der Waals surface area contributed by atoms with Crippen molar-refractivity contribution in [1.29, 1.82) is 0 Å². The van der Waals surface area contributed by atoms with E-state index in [1.54, 1.807) is 0 Å². The van der Waals surface area contributed by atoms with Gasteiger partial charge in [-0.25, -0.2) is 0 Å². The molecule has 0 aliphatic rings. The highest BCUT2D eigenvalue weighted by molar-refractivity contribution is 7.79. The average molecular weight is 413 g/mol. The quantitative estimate of drug-likeness (QED) is 0.423. The lowest BCUT2D eigenvalue weighted by Gasteiger charge is -2.10. The number of hydrogen-bond acceptors (Lipinski definition) is 2. The van der Waals surface area contributed by atoms with E-state index in [1.165, 1.54) is 22.8 Å². The van der Waals surface area contributed by atoms with Crippen LogP contribution in [0.2, 0.25) is 0 Å². The number of benzene rings is 4. The summed E-state index contributed by atoms with van der Waals surface area (Å²) >= 11 is 0. The molecule has 0 unspecified atom stereocenters. The van der Waals surface area contributed by atoms with Crippen molar-refractivity contribution in [2.75, 3.05) is 6.61 Å². The average Bonchev–Trinajstić information content (AvgIpc) is 2.81. The number of carbonyl (C=O) groups excluding carboxylic acids is 1. The van der Waals surface area contributed by atoms with E-state index in [1.807, 2.05) is 30.3 Å². The first-order chi connectivity index (χ1) is 14.7. The van der Waals surface area contributed by atoms with Crippen LogP contribution >= 0.6 is 7.92 Å². The van der Waals surface area contributed by atoms with E-state index >= 15 is 0 Å². The van der Waals surface area contributed by atoms with E-state index in [0.29, 0.717) is 0 Å². The van der Waals surface area contributed by atoms with Crippen LogP contribution in [0.15, 0.2) is 121 Å². The Hall–Kier alpha value is -3.22. The van der Waals surface area contributed by atoms with Crippen LogP contribution in [0.4, 0.5) is 0 Å². The van der Waals surface area contributed by atoms with Crippen LogP contribution in [-0.2, 0) is 4.79 Å². The van der Waals surface area contributed by atoms with Crippen LogP contribution in [0.5, 0.6) is 5.75 Å². The van der Waals surface area contributed by atoms with Crippen LogP contribution in [0.25, 0.3) is 0 Å². The summed E-state index contributed by atoms with van der Waals surface area (Å²) in [6, 6.07) is 41.8. The molecule has 30 heavy (non-hydrogen) atoms. The molecular weight excluding hydrogens is 387 g/mol. The number of hydrogen-bond donors (Lipinski definition) is 0. The molecular formula is C27H26O2P+. The molecule has 0 aliphatic heterocycles. The van der Waals surface area contributed by atoms with Crippen LogP contribution in [-0.4, -0.2) is 12.4 Å². The largest absolute Gasteiger partial charge is 0.486 e. The number of ether oxygens (including phenoxy) is 1. The van der Waals surface area contributed by atoms with Crippen molar-refractivity contribution in [3.05, 3.63) is 121 Å². The van der Waals surface area contributed by atoms with Crippen molar-refractivity contribution in [3.8, 4) is 5.75 Å². The molecule has 0 heterocycles. The highest BCUT2D eigenvalue weighted by Crippen LogP contribution is 2.32. The molecule has 4 rings (SSSR count). The van der Waals surface area contributed by atoms with Gasteiger partial charge in [-0.05, 0) is 55.5 Å². The zero-order valence-electron chi connectivity index (χ0n) is 17.1. The number of rotatable bonds is 6. The van der Waals surface area contributed by atoms with Crippen molar-refractivity contribution in [2.24, 2.45) is 0 Å². The highest BCUT2D eigenvalue weighted by Gasteiger charge is 2.24. The molecule has 0 spiro atoms. The van der Waals surface area contributed by atoms with E-state index in [0.717, 1.165) is 5.75 Å². The Kier molecular flexibility index (Phi) is 8.38. The van der Waals surface area contributed by atoms with E-state index < -0.39 is 7.92 Å². The minimum absolute atomic E-state index is 0.0360. The van der Waals surface area contributed by atoms with Gasteiger partial charge in [-0.3, -0.25) is 4.79 Å². The lowest BCUT2D eigenvalue weighted by molar-refractivity contribution is -0.118. The fourth-order valence-electron chi connectivity index (χ4n) is 3.02. The number of ketones is 1. The lowest BCUT2D eigenvalue weighted by Crippen LogP contribution is -2.20. The van der Waals surface area contributed by atoms with E-state index in [-0.39, 0.29) is 12.4 Å². The summed E-state index contributed by atoms with van der Waals surface area (Å²) in [5.74, 6) is 0.775. The second kappa shape index (κ2) is 11.7. The standard InChI is InChI=1S/C18H15P.C9H10O2/c1-4-10-16(11-5-1)19(17-12-6-2-7-13-17)18-14-8-3-9-15-18;1-8(10)7-11-9-5-3-2-4-6-9/h1-15H;2-6H,7H2,1H3/p+1. The molecule has 0 saturated carbocycles. The molecule has 0 fully saturated rings. The Morgan fingerprint density at radius 1 is 0.600 bits per heavy atom. The van der Waals surface area contributed by atoms with Crippen molar-refractivity contribution < 1.29 is 9.53 Å². The third-order valence-electron chi connectivity index (χ3n) is 4.37. The minimum Gasteiger partial charge on any atom is -0.486 e. The molecule has 0 bridgehead atoms. The number of Topliss-reactive ketones (excluding diaryl/α,β-unsaturated/α-hetero) is 1. The molecule has 2 nitrogen and oxygen atoms in total. The molecule has 0 radical (unpaired) electrons. The number of carbonyl (C=O) groups is 1. The minimum atomic E-state index is -0.877. The molecule has 0 aliphatic carbocycles. The van der Waals surface area contributed by atoms with Gasteiger partial charge < -0.3 is 4.74 Å². The summed E-state index contributed by atoms with van der Waals surface area (Å²) in [7, 11) is -0.877. The van der Waals surface area contributed by atoms with Gasteiger partial charge in [-0.2, -0.15) is 0 Å². The van der Waals surface area contributed by atoms with Gasteiger partial charge in [0.1, 0.15) is 28.3 Å². The fraction of sp³-hybridized carbons (Fsp3) is 0.0741. The summed E-state index contributed by atoms with van der Waals surface area (Å²) in [4.78, 5) is 10.5. The van der Waals surface area contributed by atoms with Gasteiger partial charge in [0.05, 0.1) is 7.92 Å². The molecule has 0 N–H and O–H groups in total. The molecule has 4 aromatic carbocycles. The van der Waals surface area contributed by atoms with Gasteiger partial charge in [-0.15, -0.1) is 0 Å². The van der Waals surface area contributed by atoms with Gasteiger partial charge in [-0.1, -0.05) is 72.8 Å². The van der Waals surface area contributed by atoms with Crippen molar-refractivity contribution in [1.82, 2.24) is 0 Å². The normalized spacial score (nSPS) is 10.1. The molecule has 3 heteroatoms. The summed E-state index contributed by atoms with van der Waals surface area (Å²) in [6.07, 6.45) is 0. The van der Waals surface area contributed by atoms with Crippen LogP contribution in [0, 0.1) is 0 Å². The van der Waals surface area contributed by atoms with Crippen molar-refractivity contribution in [2.45, 2.75) is 6.92 Å². The Morgan fingerprint density at radius 3 is 1.27 bits per heavy atom. The predicted molar refractivity (Wildman–Crippen MR) is 129 cm³/mol. The Labute approximate surface area is 179 Å². The molecule has 0 aromatic heterocycles. The van der Waals surface area contributed by atoms with Crippen molar-refractivity contribution >= 4 is 29.6 Å². The first kappa shape index (κ1) is 21.5. The van der Waals surface area contributed by atoms with Gasteiger partial charge in [0.15, 0.2) is 5.78 Å². The topological polar surface area (TPSA) is 26.3 Å². The second-order valence-electron chi connectivity index (χ2n) is 6.78. The third-order valence-corrected chi connectivity index (χ3v) is 7.10. The van der Waals surface area contributed by atoms with Gasteiger partial charge in [0.2, 0.25) is 0 Å². The molecule has 0 atom stereocenters. The third kappa shape index (κ3) is 6.69. The number of para-hydroxylation sites is 1. The first-order valence-corrected chi connectivity index (χ1v) is 11.4. The monoisotopic (exact) mass is 413 g/mol. The lowest BCUT2D eigenvalue weighted by atomic mass is 10.3. The van der Waals surface area contributed by atoms with E-state index in [9.17, 15) is 4.79 Å².